The number of para-hydroxylation sites is 1. The second-order valence-electron chi connectivity index (χ2n) is 10.7. The first-order chi connectivity index (χ1) is 20.8. The Bertz CT molecular complexity index is 1710. The van der Waals surface area contributed by atoms with E-state index in [0.717, 1.165) is 18.4 Å². The zero-order chi connectivity index (χ0) is 30.5. The fraction of sp³-hybridized carbons (Fsp3) is 0.303. The van der Waals surface area contributed by atoms with Crippen LogP contribution in [0.15, 0.2) is 82.7 Å². The molecular formula is C33H34N4O5S. The number of likely N-dealkylation sites (tertiary alicyclic amines) is 1. The molecule has 3 N–H and O–H groups in total. The number of carbonyl (C=O) groups is 3. The molecule has 1 fully saturated rings. The molecule has 0 spiro atoms. The van der Waals surface area contributed by atoms with Crippen LogP contribution in [0.1, 0.15) is 49.4 Å². The van der Waals surface area contributed by atoms with Crippen LogP contribution in [0, 0.1) is 5.92 Å². The van der Waals surface area contributed by atoms with Gasteiger partial charge in [-0.05, 0) is 49.1 Å². The molecule has 2 heterocycles. The van der Waals surface area contributed by atoms with Crippen molar-refractivity contribution < 1.29 is 19.5 Å². The van der Waals surface area contributed by atoms with Crippen molar-refractivity contribution in [2.24, 2.45) is 11.7 Å². The van der Waals surface area contributed by atoms with E-state index in [4.69, 9.17) is 10.7 Å². The number of unbranched alkanes of at least 4 members (excludes halogenated alkanes) is 1. The topological polar surface area (TPSA) is 136 Å². The highest BCUT2D eigenvalue weighted by molar-refractivity contribution is 8.00. The Labute approximate surface area is 253 Å². The summed E-state index contributed by atoms with van der Waals surface area (Å²) in [6, 6.07) is 21.2. The largest absolute Gasteiger partial charge is 0.478 e. The molecule has 0 radical (unpaired) electrons. The summed E-state index contributed by atoms with van der Waals surface area (Å²) >= 11 is 1.23. The van der Waals surface area contributed by atoms with Gasteiger partial charge in [0.1, 0.15) is 0 Å². The number of carboxylic acid groups (broad SMARTS) is 1. The van der Waals surface area contributed by atoms with E-state index in [9.17, 15) is 24.3 Å². The lowest BCUT2D eigenvalue weighted by molar-refractivity contribution is -0.134. The van der Waals surface area contributed by atoms with Gasteiger partial charge in [-0.1, -0.05) is 80.1 Å². The number of aromatic carboxylic acids is 1. The van der Waals surface area contributed by atoms with Gasteiger partial charge in [0.25, 0.3) is 5.56 Å². The molecule has 0 saturated carbocycles. The predicted octanol–water partition coefficient (Wildman–Crippen LogP) is 5.13. The zero-order valence-electron chi connectivity index (χ0n) is 23.9. The minimum absolute atomic E-state index is 0.0293. The van der Waals surface area contributed by atoms with Gasteiger partial charge in [-0.15, -0.1) is 0 Å². The maximum atomic E-state index is 14.2. The number of rotatable bonds is 10. The van der Waals surface area contributed by atoms with Gasteiger partial charge in [-0.3, -0.25) is 19.0 Å². The van der Waals surface area contributed by atoms with Crippen molar-refractivity contribution in [3.63, 3.8) is 0 Å². The van der Waals surface area contributed by atoms with E-state index in [2.05, 4.69) is 6.92 Å². The molecule has 43 heavy (non-hydrogen) atoms. The number of carboxylic acids is 1. The molecule has 1 atom stereocenters. The maximum absolute atomic E-state index is 14.2. The summed E-state index contributed by atoms with van der Waals surface area (Å²) in [5.41, 5.74) is 7.52. The molecule has 0 bridgehead atoms. The van der Waals surface area contributed by atoms with Crippen molar-refractivity contribution >= 4 is 40.4 Å². The molecule has 5 rings (SSSR count). The molecule has 9 nitrogen and oxygen atoms in total. The number of carbonyl (C=O) groups excluding carboxylic acids is 2. The molecule has 1 unspecified atom stereocenters. The highest BCUT2D eigenvalue weighted by atomic mass is 32.2. The smallest absolute Gasteiger partial charge is 0.335 e. The van der Waals surface area contributed by atoms with Crippen LogP contribution >= 0.6 is 11.8 Å². The zero-order valence-corrected chi connectivity index (χ0v) is 24.8. The highest BCUT2D eigenvalue weighted by Crippen LogP contribution is 2.34. The number of hydrogen-bond acceptors (Lipinski definition) is 6. The van der Waals surface area contributed by atoms with Crippen molar-refractivity contribution in [2.75, 3.05) is 13.1 Å². The van der Waals surface area contributed by atoms with Gasteiger partial charge in [0.2, 0.25) is 11.8 Å². The van der Waals surface area contributed by atoms with E-state index in [-0.39, 0.29) is 28.9 Å². The highest BCUT2D eigenvalue weighted by Gasteiger charge is 2.32. The van der Waals surface area contributed by atoms with Gasteiger partial charge in [0.05, 0.1) is 27.4 Å². The second-order valence-corrected chi connectivity index (χ2v) is 11.9. The summed E-state index contributed by atoms with van der Waals surface area (Å²) in [6.45, 7) is 2.93. The third-order valence-electron chi connectivity index (χ3n) is 7.87. The van der Waals surface area contributed by atoms with Crippen molar-refractivity contribution in [3.05, 3.63) is 88.7 Å². The molecule has 222 valence electrons. The fourth-order valence-electron chi connectivity index (χ4n) is 5.45. The van der Waals surface area contributed by atoms with E-state index in [1.54, 1.807) is 35.2 Å². The van der Waals surface area contributed by atoms with Gasteiger partial charge in [0, 0.05) is 24.6 Å². The number of piperidine rings is 1. The molecule has 1 saturated heterocycles. The standard InChI is InChI=1S/C33H34N4O5S/c1-2-3-13-28(31(40)36-18-16-22(17-19-36)29(34)38)43-33-35-26-12-8-7-11-25(26)30(39)37(33)27-20-23(32(41)42)14-15-24(27)21-9-5-4-6-10-21/h4-12,14-15,20,22,28H,2-3,13,16-19H2,1H3,(H2,34,38)(H,41,42). The number of aromatic nitrogens is 2. The van der Waals surface area contributed by atoms with Gasteiger partial charge in [-0.2, -0.15) is 0 Å². The number of nitrogens with zero attached hydrogens (tertiary/aromatic N) is 3. The monoisotopic (exact) mass is 598 g/mol. The van der Waals surface area contributed by atoms with Crippen LogP contribution in [0.25, 0.3) is 27.7 Å². The lowest BCUT2D eigenvalue weighted by Crippen LogP contribution is -2.45. The van der Waals surface area contributed by atoms with Crippen molar-refractivity contribution in [3.8, 4) is 16.8 Å². The van der Waals surface area contributed by atoms with Crippen LogP contribution in [0.5, 0.6) is 0 Å². The Morgan fingerprint density at radius 3 is 2.40 bits per heavy atom. The molecular weight excluding hydrogens is 564 g/mol. The van der Waals surface area contributed by atoms with Crippen LogP contribution in [0.4, 0.5) is 0 Å². The molecule has 10 heteroatoms. The predicted molar refractivity (Wildman–Crippen MR) is 167 cm³/mol. The molecule has 2 amide bonds. The van der Waals surface area contributed by atoms with E-state index in [1.165, 1.54) is 28.5 Å². The number of nitrogens with two attached hydrogens (primary N) is 1. The summed E-state index contributed by atoms with van der Waals surface area (Å²) in [6.07, 6.45) is 3.29. The van der Waals surface area contributed by atoms with Crippen molar-refractivity contribution in [1.29, 1.82) is 0 Å². The maximum Gasteiger partial charge on any atom is 0.335 e. The van der Waals surface area contributed by atoms with Crippen LogP contribution in [0.2, 0.25) is 0 Å². The first kappa shape index (κ1) is 30.0. The SMILES string of the molecule is CCCCC(Sc1nc2ccccc2c(=O)n1-c1cc(C(=O)O)ccc1-c1ccccc1)C(=O)N1CCC(C(N)=O)CC1. The number of hydrogen-bond donors (Lipinski definition) is 2. The van der Waals surface area contributed by atoms with Gasteiger partial charge in [0.15, 0.2) is 5.16 Å². The van der Waals surface area contributed by atoms with Gasteiger partial charge >= 0.3 is 5.97 Å². The Kier molecular flexibility index (Phi) is 9.25. The summed E-state index contributed by atoms with van der Waals surface area (Å²) in [4.78, 5) is 58.5. The average molecular weight is 599 g/mol. The molecule has 4 aromatic rings. The molecule has 1 aliphatic heterocycles. The van der Waals surface area contributed by atoms with Crippen LogP contribution in [0.3, 0.4) is 0 Å². The summed E-state index contributed by atoms with van der Waals surface area (Å²) in [5.74, 6) is -1.77. The molecule has 0 aliphatic carbocycles. The first-order valence-corrected chi connectivity index (χ1v) is 15.4. The van der Waals surface area contributed by atoms with Crippen LogP contribution < -0.4 is 11.3 Å². The normalized spacial score (nSPS) is 14.5. The summed E-state index contributed by atoms with van der Waals surface area (Å²) in [7, 11) is 0. The number of primary amides is 1. The third kappa shape index (κ3) is 6.49. The van der Waals surface area contributed by atoms with E-state index >= 15 is 0 Å². The third-order valence-corrected chi connectivity index (χ3v) is 9.07. The van der Waals surface area contributed by atoms with Gasteiger partial charge < -0.3 is 15.7 Å². The minimum atomic E-state index is -1.12. The number of benzene rings is 3. The Morgan fingerprint density at radius 2 is 1.72 bits per heavy atom. The Morgan fingerprint density at radius 1 is 1.02 bits per heavy atom. The van der Waals surface area contributed by atoms with Crippen molar-refractivity contribution in [1.82, 2.24) is 14.5 Å². The number of fused-ring (bicyclic) bond motifs is 1. The van der Waals surface area contributed by atoms with E-state index < -0.39 is 11.2 Å². The number of thioether (sulfide) groups is 1. The van der Waals surface area contributed by atoms with E-state index in [1.807, 2.05) is 30.3 Å². The molecule has 3 aromatic carbocycles. The lowest BCUT2D eigenvalue weighted by Gasteiger charge is -2.33. The Balaban J connectivity index is 1.65. The fourth-order valence-corrected chi connectivity index (χ4v) is 6.68. The second kappa shape index (κ2) is 13.2. The van der Waals surface area contributed by atoms with E-state index in [0.29, 0.717) is 59.7 Å². The van der Waals surface area contributed by atoms with Crippen molar-refractivity contribution in [2.45, 2.75) is 49.4 Å². The Hall–Kier alpha value is -4.44. The van der Waals surface area contributed by atoms with Crippen LogP contribution in [-0.2, 0) is 9.59 Å². The molecule has 1 aromatic heterocycles. The first-order valence-electron chi connectivity index (χ1n) is 14.5. The number of amides is 2. The summed E-state index contributed by atoms with van der Waals surface area (Å²) < 4.78 is 1.45. The lowest BCUT2D eigenvalue weighted by atomic mass is 9.96. The van der Waals surface area contributed by atoms with Gasteiger partial charge in [-0.25, -0.2) is 9.78 Å². The summed E-state index contributed by atoms with van der Waals surface area (Å²) in [5, 5.41) is 10.0. The quantitative estimate of drug-likeness (QED) is 0.191. The minimum Gasteiger partial charge on any atom is -0.478 e. The van der Waals surface area contributed by atoms with Crippen LogP contribution in [-0.4, -0.2) is 55.7 Å². The molecule has 1 aliphatic rings. The average Bonchev–Trinajstić information content (AvgIpc) is 3.03.